The van der Waals surface area contributed by atoms with Gasteiger partial charge in [0.2, 0.25) is 70.9 Å². The van der Waals surface area contributed by atoms with Gasteiger partial charge in [0.25, 0.3) is 0 Å². The van der Waals surface area contributed by atoms with Gasteiger partial charge >= 0.3 is 11.9 Å². The van der Waals surface area contributed by atoms with Crippen molar-refractivity contribution in [2.24, 2.45) is 33.8 Å². The van der Waals surface area contributed by atoms with Crippen molar-refractivity contribution < 1.29 is 85.8 Å². The van der Waals surface area contributed by atoms with Gasteiger partial charge in [0, 0.05) is 65.5 Å². The molecule has 0 saturated carbocycles. The molecule has 35 heteroatoms. The van der Waals surface area contributed by atoms with Crippen molar-refractivity contribution in [2.75, 3.05) is 51.8 Å². The Hall–Kier alpha value is -9.80. The van der Waals surface area contributed by atoms with Crippen molar-refractivity contribution in [3.8, 4) is 0 Å². The number of unbranched alkanes of at least 4 members (excludes halogenated alkanes) is 1. The van der Waals surface area contributed by atoms with E-state index in [1.54, 1.807) is 74.5 Å². The predicted octanol–water partition coefficient (Wildman–Crippen LogP) is -3.31. The molecule has 0 radical (unpaired) electrons. The minimum atomic E-state index is -3.57. The van der Waals surface area contributed by atoms with Crippen LogP contribution >= 0.6 is 0 Å². The topological polar surface area (TPSA) is 536 Å². The molecule has 0 bridgehead atoms. The van der Waals surface area contributed by atoms with Gasteiger partial charge in [-0.2, -0.15) is 0 Å². The number of carbonyl (C=O) groups is 14. The number of hydrogen-bond donors (Lipinski definition) is 14. The van der Waals surface area contributed by atoms with Crippen LogP contribution in [0.4, 0.5) is 0 Å². The van der Waals surface area contributed by atoms with E-state index in [0.717, 1.165) is 11.2 Å². The molecule has 0 aliphatic carbocycles. The maximum atomic E-state index is 14.8. The molecule has 10 atom stereocenters. The molecule has 101 heavy (non-hydrogen) atoms. The highest BCUT2D eigenvalue weighted by molar-refractivity contribution is 7.90. The molecular formula is C66H100N16O18S. The summed E-state index contributed by atoms with van der Waals surface area (Å²) < 4.78 is 23.7. The number of sulfone groups is 1. The van der Waals surface area contributed by atoms with Gasteiger partial charge in [0.15, 0.2) is 5.96 Å². The second-order valence-electron chi connectivity index (χ2n) is 25.7. The zero-order valence-electron chi connectivity index (χ0n) is 57.8. The Kier molecular flexibility index (Phi) is 34.5. The van der Waals surface area contributed by atoms with Crippen LogP contribution in [0.1, 0.15) is 128 Å². The van der Waals surface area contributed by atoms with Crippen LogP contribution in [0.3, 0.4) is 0 Å². The Labute approximate surface area is 587 Å². The SMILES string of the molecule is CC(=O)N[C@@H](CCCN=C(N)N)C(=O)N1CCC[C@H]1C(=O)N[C@@H](CCCCN)C(=O)N1CCC[C@H]1C(=O)N[C@@H](CCC(=O)O)C(=O)N[C@@H](CCC(=O)O)C(=O)N[C@@H](Cc1ccccc1)C(=O)N[C@@H](Cc1ccccc1)C(=O)N(C)CC(=O)N[C@@H](CC(C)C)C(=O)N[C@@H](CCS(C)(=O)=O)C(N)=O. The number of rotatable bonds is 43. The molecule has 2 aliphatic rings. The lowest BCUT2D eigenvalue weighted by atomic mass is 10.0. The first-order valence-electron chi connectivity index (χ1n) is 33.7. The number of nitrogens with one attached hydrogen (secondary N) is 8. The van der Waals surface area contributed by atoms with Gasteiger partial charge in [-0.3, -0.25) is 72.1 Å². The number of likely N-dealkylation sites (N-methyl/N-ethyl adjacent to an activating group) is 1. The fraction of sp³-hybridized carbons (Fsp3) is 0.591. The third kappa shape index (κ3) is 29.5. The molecule has 2 aromatic carbocycles. The third-order valence-corrected chi connectivity index (χ3v) is 17.8. The van der Waals surface area contributed by atoms with Gasteiger partial charge in [0.05, 0.1) is 12.3 Å². The number of carbonyl (C=O) groups excluding carboxylic acids is 12. The monoisotopic (exact) mass is 1440 g/mol. The van der Waals surface area contributed by atoms with Gasteiger partial charge in [-0.25, -0.2) is 8.42 Å². The van der Waals surface area contributed by atoms with E-state index in [9.17, 15) is 85.8 Å². The van der Waals surface area contributed by atoms with Crippen LogP contribution in [0.2, 0.25) is 0 Å². The van der Waals surface area contributed by atoms with Gasteiger partial charge in [0.1, 0.15) is 70.3 Å². The lowest BCUT2D eigenvalue weighted by molar-refractivity contribution is -0.145. The van der Waals surface area contributed by atoms with Gasteiger partial charge in [-0.05, 0) is 107 Å². The van der Waals surface area contributed by atoms with Crippen LogP contribution in [0.5, 0.6) is 0 Å². The molecule has 2 saturated heterocycles. The Morgan fingerprint density at radius 2 is 1.01 bits per heavy atom. The lowest BCUT2D eigenvalue weighted by Gasteiger charge is -2.32. The normalized spacial score (nSPS) is 16.6. The zero-order chi connectivity index (χ0) is 75.1. The van der Waals surface area contributed by atoms with Gasteiger partial charge in [-0.1, -0.05) is 74.5 Å². The predicted molar refractivity (Wildman–Crippen MR) is 368 cm³/mol. The standard InChI is InChI=1S/C66H100N16O18S/c1-39(2)35-48(59(92)74-43(56(68)89)29-34-101(5,99)100)73-53(84)38-80(4)63(96)50(37-42-19-10-7-11-20-42)79-60(93)49(36-41-17-8-6-9-18-41)78-58(91)44(25-27-54(85)86)75-57(90)45(26-28-55(87)88)76-61(94)51-23-15-33-82(51)65(98)47(21-12-13-30-67)77-62(95)52-24-16-32-81(52)64(97)46(72-40(3)83)22-14-31-71-66(69)70/h6-11,17-20,39,43-52H,12-16,21-38,67H2,1-5H3,(H2,68,89)(H,72,83)(H,73,84)(H,74,92)(H,75,90)(H,76,94)(H,77,95)(H,78,91)(H,79,93)(H,85,86)(H,87,88)(H4,69,70,71)/t43-,44-,45-,46-,47-,48-,49-,50-,51-,52-/m0/s1. The van der Waals surface area contributed by atoms with Crippen LogP contribution in [0.15, 0.2) is 65.7 Å². The summed E-state index contributed by atoms with van der Waals surface area (Å²) in [6.45, 7) is 4.63. The number of nitrogens with two attached hydrogens (primary N) is 4. The number of aliphatic imine (C=N–C) groups is 1. The number of guanidine groups is 1. The molecule has 2 aromatic rings. The summed E-state index contributed by atoms with van der Waals surface area (Å²) in [5.41, 5.74) is 23.2. The Bertz CT molecular complexity index is 3360. The molecule has 558 valence electrons. The summed E-state index contributed by atoms with van der Waals surface area (Å²) in [7, 11) is -2.31. The fourth-order valence-corrected chi connectivity index (χ4v) is 12.4. The molecule has 12 amide bonds. The first-order valence-corrected chi connectivity index (χ1v) is 35.7. The first kappa shape index (κ1) is 83.6. The van der Waals surface area contributed by atoms with Crippen LogP contribution in [-0.4, -0.2) is 234 Å². The van der Waals surface area contributed by atoms with E-state index in [4.69, 9.17) is 22.9 Å². The second kappa shape index (κ2) is 41.7. The van der Waals surface area contributed by atoms with Crippen LogP contribution in [0, 0.1) is 5.92 Å². The van der Waals surface area contributed by atoms with Gasteiger partial charge in [-0.15, -0.1) is 0 Å². The molecule has 0 aromatic heterocycles. The van der Waals surface area contributed by atoms with Crippen molar-refractivity contribution >= 4 is 98.6 Å². The fourth-order valence-electron chi connectivity index (χ4n) is 11.7. The van der Waals surface area contributed by atoms with E-state index in [2.05, 4.69) is 47.5 Å². The van der Waals surface area contributed by atoms with Gasteiger partial charge < -0.3 is 90.4 Å². The van der Waals surface area contributed by atoms with Crippen LogP contribution < -0.4 is 65.5 Å². The molecule has 0 unspecified atom stereocenters. The number of primary amides is 1. The minimum Gasteiger partial charge on any atom is -0.481 e. The molecule has 2 aliphatic heterocycles. The Morgan fingerprint density at radius 3 is 1.49 bits per heavy atom. The summed E-state index contributed by atoms with van der Waals surface area (Å²) >= 11 is 0. The van der Waals surface area contributed by atoms with E-state index >= 15 is 0 Å². The van der Waals surface area contributed by atoms with Crippen molar-refractivity contribution in [1.82, 2.24) is 57.2 Å². The number of benzene rings is 2. The Balaban J connectivity index is 1.59. The van der Waals surface area contributed by atoms with Crippen molar-refractivity contribution in [2.45, 2.75) is 190 Å². The van der Waals surface area contributed by atoms with E-state index in [0.29, 0.717) is 36.8 Å². The van der Waals surface area contributed by atoms with E-state index in [-0.39, 0.29) is 95.8 Å². The summed E-state index contributed by atoms with van der Waals surface area (Å²) in [5.74, 6) is -13.7. The van der Waals surface area contributed by atoms with E-state index in [1.807, 2.05) is 0 Å². The molecule has 2 fully saturated rings. The molecule has 4 rings (SSSR count). The highest BCUT2D eigenvalue weighted by Gasteiger charge is 2.43. The summed E-state index contributed by atoms with van der Waals surface area (Å²) in [5, 5.41) is 40.3. The molecular weight excluding hydrogens is 1340 g/mol. The number of likely N-dealkylation sites (tertiary alicyclic amines) is 2. The zero-order valence-corrected chi connectivity index (χ0v) is 58.6. The number of amides is 12. The largest absolute Gasteiger partial charge is 0.481 e. The average molecular weight is 1440 g/mol. The maximum Gasteiger partial charge on any atom is 0.303 e. The highest BCUT2D eigenvalue weighted by atomic mass is 32.2. The number of hydrogen-bond acceptors (Lipinski definition) is 18. The summed E-state index contributed by atoms with van der Waals surface area (Å²) in [4.78, 5) is 199. The molecule has 18 N–H and O–H groups in total. The highest BCUT2D eigenvalue weighted by Crippen LogP contribution is 2.24. The maximum absolute atomic E-state index is 14.8. The summed E-state index contributed by atoms with van der Waals surface area (Å²) in [6, 6.07) is 2.70. The number of aliphatic carboxylic acids is 2. The Morgan fingerprint density at radius 1 is 0.564 bits per heavy atom. The third-order valence-electron chi connectivity index (χ3n) is 16.8. The van der Waals surface area contributed by atoms with Crippen LogP contribution in [-0.2, 0) is 89.8 Å². The lowest BCUT2D eigenvalue weighted by Crippen LogP contribution is -2.60. The van der Waals surface area contributed by atoms with Crippen LogP contribution in [0.25, 0.3) is 0 Å². The number of carboxylic acid groups (broad SMARTS) is 2. The number of carboxylic acids is 2. The average Bonchev–Trinajstić information content (AvgIpc) is 1.74. The minimum absolute atomic E-state index is 0.00492. The number of nitrogens with zero attached hydrogens (tertiary/aromatic N) is 4. The second-order valence-corrected chi connectivity index (χ2v) is 28.0. The molecule has 34 nitrogen and oxygen atoms in total. The molecule has 0 spiro atoms. The quantitative estimate of drug-likeness (QED) is 0.0176. The van der Waals surface area contributed by atoms with E-state index in [1.165, 1.54) is 23.8 Å². The first-order chi connectivity index (χ1) is 47.7. The smallest absolute Gasteiger partial charge is 0.303 e. The van der Waals surface area contributed by atoms with Crippen molar-refractivity contribution in [1.29, 1.82) is 0 Å². The summed E-state index contributed by atoms with van der Waals surface area (Å²) in [6.07, 6.45) is -0.208. The van der Waals surface area contributed by atoms with Crippen molar-refractivity contribution in [3.05, 3.63) is 71.8 Å². The van der Waals surface area contributed by atoms with Crippen molar-refractivity contribution in [3.63, 3.8) is 0 Å². The molecule has 2 heterocycles. The van der Waals surface area contributed by atoms with E-state index < -0.39 is 191 Å².